The molecule has 1 fully saturated rings. The fourth-order valence-corrected chi connectivity index (χ4v) is 2.76. The number of carbonyl (C=O) groups excluding carboxylic acids is 1. The van der Waals surface area contributed by atoms with Crippen LogP contribution in [0.5, 0.6) is 0 Å². The minimum Gasteiger partial charge on any atom is -0.444 e. The van der Waals surface area contributed by atoms with Gasteiger partial charge in [-0.05, 0) is 53.9 Å². The first kappa shape index (κ1) is 16.8. The minimum absolute atomic E-state index is 0.242. The van der Waals surface area contributed by atoms with E-state index in [1.807, 2.05) is 33.9 Å². The summed E-state index contributed by atoms with van der Waals surface area (Å²) in [5.41, 5.74) is 0.769. The van der Waals surface area contributed by atoms with E-state index in [1.165, 1.54) is 25.0 Å². The summed E-state index contributed by atoms with van der Waals surface area (Å²) in [5, 5.41) is 0. The van der Waals surface area contributed by atoms with Crippen LogP contribution in [0.1, 0.15) is 64.5 Å². The van der Waals surface area contributed by atoms with E-state index in [4.69, 9.17) is 4.74 Å². The van der Waals surface area contributed by atoms with Crippen molar-refractivity contribution in [2.75, 3.05) is 13.1 Å². The summed E-state index contributed by atoms with van der Waals surface area (Å²) < 4.78 is 7.81. The van der Waals surface area contributed by atoms with Gasteiger partial charge in [0.25, 0.3) is 0 Å². The topological polar surface area (TPSA) is 47.4 Å². The van der Waals surface area contributed by atoms with Crippen LogP contribution in [0.15, 0.2) is 6.20 Å². The molecule has 5 nitrogen and oxygen atoms in total. The number of aromatic nitrogens is 2. The van der Waals surface area contributed by atoms with Crippen molar-refractivity contribution in [3.63, 3.8) is 0 Å². The third-order valence-corrected chi connectivity index (χ3v) is 4.14. The van der Waals surface area contributed by atoms with Gasteiger partial charge in [-0.3, -0.25) is 0 Å². The van der Waals surface area contributed by atoms with Crippen molar-refractivity contribution in [2.24, 2.45) is 0 Å². The summed E-state index contributed by atoms with van der Waals surface area (Å²) in [6.45, 7) is 11.1. The third kappa shape index (κ3) is 4.02. The zero-order chi connectivity index (χ0) is 16.3. The molecule has 0 N–H and O–H groups in total. The van der Waals surface area contributed by atoms with Crippen molar-refractivity contribution >= 4 is 6.09 Å². The average molecular weight is 307 g/mol. The number of ether oxygens (including phenoxy) is 1. The van der Waals surface area contributed by atoms with Crippen molar-refractivity contribution in [3.8, 4) is 0 Å². The van der Waals surface area contributed by atoms with Crippen molar-refractivity contribution in [1.82, 2.24) is 14.5 Å². The summed E-state index contributed by atoms with van der Waals surface area (Å²) in [6.07, 6.45) is 6.27. The first-order chi connectivity index (χ1) is 10.3. The third-order valence-electron chi connectivity index (χ3n) is 4.14. The molecular weight excluding hydrogens is 278 g/mol. The summed E-state index contributed by atoms with van der Waals surface area (Å²) in [4.78, 5) is 18.5. The standard InChI is InChI=1S/C17H29N3O2/c1-6-19(16(21)22-17(3,4)5)11-10-15-18-12-13(2)20(15)14-8-7-9-14/h12,14H,6-11H2,1-5H3. The summed E-state index contributed by atoms with van der Waals surface area (Å²) in [6, 6.07) is 0.606. The van der Waals surface area contributed by atoms with Gasteiger partial charge < -0.3 is 14.2 Å². The van der Waals surface area contributed by atoms with Crippen LogP contribution in [0.25, 0.3) is 0 Å². The Morgan fingerprint density at radius 1 is 1.45 bits per heavy atom. The quantitative estimate of drug-likeness (QED) is 0.833. The Labute approximate surface area is 133 Å². The van der Waals surface area contributed by atoms with Crippen LogP contribution in [0.2, 0.25) is 0 Å². The molecule has 1 aromatic rings. The van der Waals surface area contributed by atoms with Gasteiger partial charge in [0.1, 0.15) is 11.4 Å². The molecule has 0 radical (unpaired) electrons. The van der Waals surface area contributed by atoms with Crippen molar-refractivity contribution in [1.29, 1.82) is 0 Å². The van der Waals surface area contributed by atoms with E-state index in [1.54, 1.807) is 4.90 Å². The molecule has 22 heavy (non-hydrogen) atoms. The molecule has 0 unspecified atom stereocenters. The molecule has 1 aliphatic rings. The highest BCUT2D eigenvalue weighted by Crippen LogP contribution is 2.33. The molecule has 0 spiro atoms. The average Bonchev–Trinajstić information content (AvgIpc) is 2.68. The lowest BCUT2D eigenvalue weighted by atomic mass is 9.92. The number of amides is 1. The maximum absolute atomic E-state index is 12.2. The molecule has 1 aromatic heterocycles. The van der Waals surface area contributed by atoms with E-state index in [2.05, 4.69) is 16.5 Å². The van der Waals surface area contributed by atoms with Crippen LogP contribution in [0, 0.1) is 6.92 Å². The van der Waals surface area contributed by atoms with Gasteiger partial charge in [-0.1, -0.05) is 0 Å². The SMILES string of the molecule is CCN(CCc1ncc(C)n1C1CCC1)C(=O)OC(C)(C)C. The molecule has 124 valence electrons. The first-order valence-corrected chi connectivity index (χ1v) is 8.32. The number of hydrogen-bond acceptors (Lipinski definition) is 3. The monoisotopic (exact) mass is 307 g/mol. The van der Waals surface area contributed by atoms with E-state index in [0.717, 1.165) is 12.2 Å². The van der Waals surface area contributed by atoms with Gasteiger partial charge in [0.15, 0.2) is 0 Å². The molecule has 1 heterocycles. The molecule has 2 rings (SSSR count). The zero-order valence-corrected chi connectivity index (χ0v) is 14.6. The smallest absolute Gasteiger partial charge is 0.410 e. The molecule has 0 aliphatic heterocycles. The molecule has 1 aliphatic carbocycles. The van der Waals surface area contributed by atoms with Crippen molar-refractivity contribution in [3.05, 3.63) is 17.7 Å². The summed E-state index contributed by atoms with van der Waals surface area (Å²) >= 11 is 0. The molecule has 5 heteroatoms. The van der Waals surface area contributed by atoms with Crippen LogP contribution >= 0.6 is 0 Å². The predicted molar refractivity (Wildman–Crippen MR) is 87.0 cm³/mol. The lowest BCUT2D eigenvalue weighted by Crippen LogP contribution is -2.38. The maximum atomic E-state index is 12.2. The molecular formula is C17H29N3O2. The number of nitrogens with zero attached hydrogens (tertiary/aromatic N) is 3. The van der Waals surface area contributed by atoms with Crippen molar-refractivity contribution in [2.45, 2.75) is 71.9 Å². The lowest BCUT2D eigenvalue weighted by molar-refractivity contribution is 0.0261. The second-order valence-corrected chi connectivity index (χ2v) is 7.08. The number of rotatable bonds is 5. The molecule has 0 aromatic carbocycles. The van der Waals surface area contributed by atoms with Gasteiger partial charge >= 0.3 is 6.09 Å². The van der Waals surface area contributed by atoms with Crippen LogP contribution in [-0.4, -0.2) is 39.2 Å². The summed E-state index contributed by atoms with van der Waals surface area (Å²) in [7, 11) is 0. The largest absolute Gasteiger partial charge is 0.444 e. The Balaban J connectivity index is 1.97. The van der Waals surface area contributed by atoms with E-state index >= 15 is 0 Å². The molecule has 0 saturated heterocycles. The first-order valence-electron chi connectivity index (χ1n) is 8.32. The van der Waals surface area contributed by atoms with Crippen LogP contribution in [-0.2, 0) is 11.2 Å². The Morgan fingerprint density at radius 2 is 2.14 bits per heavy atom. The number of aryl methyl sites for hydroxylation is 1. The fraction of sp³-hybridized carbons (Fsp3) is 0.765. The van der Waals surface area contributed by atoms with Gasteiger partial charge in [-0.25, -0.2) is 9.78 Å². The highest BCUT2D eigenvalue weighted by Gasteiger charge is 2.25. The fourth-order valence-electron chi connectivity index (χ4n) is 2.76. The number of likely N-dealkylation sites (N-methyl/N-ethyl adjacent to an activating group) is 1. The molecule has 0 atom stereocenters. The van der Waals surface area contributed by atoms with Gasteiger partial charge in [0, 0.05) is 37.4 Å². The molecule has 0 bridgehead atoms. The van der Waals surface area contributed by atoms with Crippen molar-refractivity contribution < 1.29 is 9.53 Å². The van der Waals surface area contributed by atoms with Gasteiger partial charge in [-0.15, -0.1) is 0 Å². The van der Waals surface area contributed by atoms with E-state index in [0.29, 0.717) is 19.1 Å². The minimum atomic E-state index is -0.453. The highest BCUT2D eigenvalue weighted by atomic mass is 16.6. The van der Waals surface area contributed by atoms with Gasteiger partial charge in [-0.2, -0.15) is 0 Å². The van der Waals surface area contributed by atoms with Crippen LogP contribution in [0.4, 0.5) is 4.79 Å². The normalized spacial score (nSPS) is 15.5. The van der Waals surface area contributed by atoms with E-state index in [9.17, 15) is 4.79 Å². The second kappa shape index (κ2) is 6.71. The Bertz CT molecular complexity index is 512. The van der Waals surface area contributed by atoms with Crippen LogP contribution < -0.4 is 0 Å². The zero-order valence-electron chi connectivity index (χ0n) is 14.6. The highest BCUT2D eigenvalue weighted by molar-refractivity contribution is 5.68. The second-order valence-electron chi connectivity index (χ2n) is 7.08. The Morgan fingerprint density at radius 3 is 2.64 bits per heavy atom. The Kier molecular flexibility index (Phi) is 5.14. The number of carbonyl (C=O) groups is 1. The number of imidazole rings is 1. The van der Waals surface area contributed by atoms with E-state index in [-0.39, 0.29) is 6.09 Å². The van der Waals surface area contributed by atoms with Gasteiger partial charge in [0.2, 0.25) is 0 Å². The summed E-state index contributed by atoms with van der Waals surface area (Å²) in [5.74, 6) is 1.09. The maximum Gasteiger partial charge on any atom is 0.410 e. The predicted octanol–water partition coefficient (Wildman–Crippen LogP) is 3.72. The number of hydrogen-bond donors (Lipinski definition) is 0. The Hall–Kier alpha value is -1.52. The van der Waals surface area contributed by atoms with Gasteiger partial charge in [0.05, 0.1) is 0 Å². The lowest BCUT2D eigenvalue weighted by Gasteiger charge is -2.30. The molecule has 1 amide bonds. The van der Waals surface area contributed by atoms with Crippen LogP contribution in [0.3, 0.4) is 0 Å². The van der Waals surface area contributed by atoms with E-state index < -0.39 is 5.60 Å². The molecule has 1 saturated carbocycles.